The first-order chi connectivity index (χ1) is 8.86. The van der Waals surface area contributed by atoms with Crippen LogP contribution in [0, 0.1) is 0 Å². The second-order valence-corrected chi connectivity index (χ2v) is 6.81. The Morgan fingerprint density at radius 2 is 2.22 bits per heavy atom. The van der Waals surface area contributed by atoms with E-state index in [2.05, 4.69) is 33.7 Å². The van der Waals surface area contributed by atoms with Gasteiger partial charge in [-0.05, 0) is 31.4 Å². The zero-order chi connectivity index (χ0) is 12.4. The number of anilines is 1. The van der Waals surface area contributed by atoms with E-state index in [1.807, 2.05) is 0 Å². The highest BCUT2D eigenvalue weighted by Gasteiger charge is 2.30. The molecular formula is C13H21N3OS. The van der Waals surface area contributed by atoms with Gasteiger partial charge >= 0.3 is 6.01 Å². The quantitative estimate of drug-likeness (QED) is 0.838. The van der Waals surface area contributed by atoms with Crippen molar-refractivity contribution in [2.24, 2.45) is 0 Å². The van der Waals surface area contributed by atoms with Crippen molar-refractivity contribution in [3.05, 3.63) is 5.82 Å². The predicted molar refractivity (Wildman–Crippen MR) is 74.3 cm³/mol. The van der Waals surface area contributed by atoms with Gasteiger partial charge in [0.2, 0.25) is 0 Å². The number of hydrogen-bond donors (Lipinski definition) is 0. The summed E-state index contributed by atoms with van der Waals surface area (Å²) >= 11 is 2.06. The molecule has 1 aromatic rings. The smallest absolute Gasteiger partial charge is 0.323 e. The third kappa shape index (κ3) is 2.82. The van der Waals surface area contributed by atoms with Gasteiger partial charge in [-0.2, -0.15) is 16.7 Å². The minimum atomic E-state index is 0.579. The summed E-state index contributed by atoms with van der Waals surface area (Å²) in [5.41, 5.74) is 0. The molecule has 1 aromatic heterocycles. The molecule has 4 nitrogen and oxygen atoms in total. The van der Waals surface area contributed by atoms with Crippen LogP contribution in [0.15, 0.2) is 4.52 Å². The van der Waals surface area contributed by atoms with Crippen LogP contribution in [-0.2, 0) is 0 Å². The maximum absolute atomic E-state index is 5.44. The molecule has 2 aliphatic rings. The zero-order valence-corrected chi connectivity index (χ0v) is 11.8. The summed E-state index contributed by atoms with van der Waals surface area (Å²) in [6.45, 7) is 4.36. The van der Waals surface area contributed by atoms with Gasteiger partial charge in [-0.25, -0.2) is 0 Å². The van der Waals surface area contributed by atoms with Crippen LogP contribution in [0.2, 0.25) is 0 Å². The molecule has 0 radical (unpaired) electrons. The molecule has 1 atom stereocenters. The Labute approximate surface area is 113 Å². The maximum Gasteiger partial charge on any atom is 0.324 e. The molecule has 0 spiro atoms. The van der Waals surface area contributed by atoms with Crippen molar-refractivity contribution < 1.29 is 4.52 Å². The lowest BCUT2D eigenvalue weighted by Gasteiger charge is -2.21. The van der Waals surface area contributed by atoms with Crippen molar-refractivity contribution in [1.82, 2.24) is 10.1 Å². The lowest BCUT2D eigenvalue weighted by Crippen LogP contribution is -2.29. The van der Waals surface area contributed by atoms with Crippen LogP contribution < -0.4 is 4.90 Å². The van der Waals surface area contributed by atoms with Crippen molar-refractivity contribution in [2.45, 2.75) is 50.2 Å². The monoisotopic (exact) mass is 267 g/mol. The van der Waals surface area contributed by atoms with E-state index in [1.165, 1.54) is 37.9 Å². The average Bonchev–Trinajstić information content (AvgIpc) is 3.15. The van der Waals surface area contributed by atoms with E-state index < -0.39 is 0 Å². The van der Waals surface area contributed by atoms with Gasteiger partial charge in [-0.1, -0.05) is 18.5 Å². The summed E-state index contributed by atoms with van der Waals surface area (Å²) in [6.07, 6.45) is 6.33. The van der Waals surface area contributed by atoms with E-state index >= 15 is 0 Å². The van der Waals surface area contributed by atoms with Crippen LogP contribution >= 0.6 is 11.8 Å². The molecule has 2 fully saturated rings. The van der Waals surface area contributed by atoms with Crippen molar-refractivity contribution in [1.29, 1.82) is 0 Å². The molecule has 0 amide bonds. The minimum absolute atomic E-state index is 0.579. The van der Waals surface area contributed by atoms with E-state index in [-0.39, 0.29) is 0 Å². The first-order valence-corrected chi connectivity index (χ1v) is 8.12. The fourth-order valence-corrected chi connectivity index (χ4v) is 3.60. The van der Waals surface area contributed by atoms with Crippen molar-refractivity contribution in [3.8, 4) is 0 Å². The van der Waals surface area contributed by atoms with E-state index in [0.29, 0.717) is 11.2 Å². The van der Waals surface area contributed by atoms with Crippen LogP contribution in [0.4, 0.5) is 6.01 Å². The van der Waals surface area contributed by atoms with Crippen LogP contribution in [0.5, 0.6) is 0 Å². The Morgan fingerprint density at radius 3 is 3.00 bits per heavy atom. The summed E-state index contributed by atoms with van der Waals surface area (Å²) < 4.78 is 5.44. The van der Waals surface area contributed by atoms with E-state index in [0.717, 1.165) is 24.9 Å². The van der Waals surface area contributed by atoms with Crippen molar-refractivity contribution in [3.63, 3.8) is 0 Å². The molecule has 2 heterocycles. The summed E-state index contributed by atoms with van der Waals surface area (Å²) in [4.78, 5) is 6.86. The number of aromatic nitrogens is 2. The fourth-order valence-electron chi connectivity index (χ4n) is 2.51. The van der Waals surface area contributed by atoms with Gasteiger partial charge in [0.1, 0.15) is 0 Å². The molecule has 3 rings (SSSR count). The zero-order valence-electron chi connectivity index (χ0n) is 11.0. The SMILES string of the molecule is CCS[C@H]1CCCCN(c2nc(C3CC3)no2)C1. The predicted octanol–water partition coefficient (Wildman–Crippen LogP) is 3.06. The Kier molecular flexibility index (Phi) is 3.77. The molecule has 0 unspecified atom stereocenters. The molecule has 0 aromatic carbocycles. The van der Waals surface area contributed by atoms with Crippen LogP contribution in [-0.4, -0.2) is 34.2 Å². The van der Waals surface area contributed by atoms with Gasteiger partial charge in [0.25, 0.3) is 0 Å². The second-order valence-electron chi connectivity index (χ2n) is 5.23. The first kappa shape index (κ1) is 12.3. The molecule has 5 heteroatoms. The Hall–Kier alpha value is -0.710. The lowest BCUT2D eigenvalue weighted by atomic mass is 10.2. The molecule has 0 bridgehead atoms. The third-order valence-electron chi connectivity index (χ3n) is 3.67. The first-order valence-electron chi connectivity index (χ1n) is 7.07. The lowest BCUT2D eigenvalue weighted by molar-refractivity contribution is 0.407. The molecule has 1 aliphatic carbocycles. The molecule has 1 aliphatic heterocycles. The van der Waals surface area contributed by atoms with Gasteiger partial charge in [0, 0.05) is 24.3 Å². The summed E-state index contributed by atoms with van der Waals surface area (Å²) in [6, 6.07) is 0.750. The van der Waals surface area contributed by atoms with Crippen LogP contribution in [0.1, 0.15) is 50.8 Å². The van der Waals surface area contributed by atoms with Gasteiger partial charge in [-0.15, -0.1) is 0 Å². The fraction of sp³-hybridized carbons (Fsp3) is 0.846. The highest BCUT2D eigenvalue weighted by atomic mass is 32.2. The molecule has 18 heavy (non-hydrogen) atoms. The average molecular weight is 267 g/mol. The second kappa shape index (κ2) is 5.51. The van der Waals surface area contributed by atoms with Gasteiger partial charge in [-0.3, -0.25) is 0 Å². The normalized spacial score (nSPS) is 25.2. The standard InChI is InChI=1S/C13H21N3OS/c1-2-18-11-5-3-4-8-16(9-11)13-14-12(15-17-13)10-6-7-10/h10-11H,2-9H2,1H3/t11-/m0/s1. The Bertz CT molecular complexity index is 391. The van der Waals surface area contributed by atoms with Crippen LogP contribution in [0.3, 0.4) is 0 Å². The molecule has 0 N–H and O–H groups in total. The largest absolute Gasteiger partial charge is 0.324 e. The molecular weight excluding hydrogens is 246 g/mol. The number of thioether (sulfide) groups is 1. The third-order valence-corrected chi connectivity index (χ3v) is 4.86. The van der Waals surface area contributed by atoms with Crippen molar-refractivity contribution >= 4 is 17.8 Å². The number of rotatable bonds is 4. The molecule has 1 saturated heterocycles. The minimum Gasteiger partial charge on any atom is -0.323 e. The van der Waals surface area contributed by atoms with Gasteiger partial charge in [0.05, 0.1) is 0 Å². The Morgan fingerprint density at radius 1 is 1.33 bits per heavy atom. The number of hydrogen-bond acceptors (Lipinski definition) is 5. The Balaban J connectivity index is 1.67. The van der Waals surface area contributed by atoms with E-state index in [9.17, 15) is 0 Å². The van der Waals surface area contributed by atoms with Crippen LogP contribution in [0.25, 0.3) is 0 Å². The summed E-state index contributed by atoms with van der Waals surface area (Å²) in [5, 5.41) is 4.84. The number of nitrogens with zero attached hydrogens (tertiary/aromatic N) is 3. The highest BCUT2D eigenvalue weighted by molar-refractivity contribution is 7.99. The van der Waals surface area contributed by atoms with E-state index in [1.54, 1.807) is 0 Å². The topological polar surface area (TPSA) is 42.2 Å². The summed E-state index contributed by atoms with van der Waals surface area (Å²) in [7, 11) is 0. The maximum atomic E-state index is 5.44. The van der Waals surface area contributed by atoms with E-state index in [4.69, 9.17) is 4.52 Å². The molecule has 1 saturated carbocycles. The van der Waals surface area contributed by atoms with Gasteiger partial charge < -0.3 is 9.42 Å². The van der Waals surface area contributed by atoms with Crippen molar-refractivity contribution in [2.75, 3.05) is 23.7 Å². The van der Waals surface area contributed by atoms with Gasteiger partial charge in [0.15, 0.2) is 5.82 Å². The summed E-state index contributed by atoms with van der Waals surface area (Å²) in [5.74, 6) is 2.69. The molecule has 100 valence electrons. The highest BCUT2D eigenvalue weighted by Crippen LogP contribution is 2.39.